The number of halogens is 1. The van der Waals surface area contributed by atoms with Crippen molar-refractivity contribution in [2.75, 3.05) is 5.33 Å². The Bertz CT molecular complexity index is 642. The van der Waals surface area contributed by atoms with Crippen LogP contribution in [0, 0.1) is 0 Å². The first kappa shape index (κ1) is 15.8. The lowest BCUT2D eigenvalue weighted by molar-refractivity contribution is 0.0901. The number of rotatable bonds is 5. The van der Waals surface area contributed by atoms with E-state index < -0.39 is 0 Å². The van der Waals surface area contributed by atoms with Gasteiger partial charge in [-0.15, -0.1) is 0 Å². The van der Waals surface area contributed by atoms with Crippen molar-refractivity contribution in [3.63, 3.8) is 0 Å². The molecular weight excluding hydrogens is 330 g/mol. The first-order chi connectivity index (χ1) is 10.1. The fraction of sp³-hybridized carbons (Fsp3) is 0.353. The van der Waals surface area contributed by atoms with E-state index in [0.717, 1.165) is 18.2 Å². The van der Waals surface area contributed by atoms with Crippen molar-refractivity contribution < 1.29 is 9.90 Å². The number of carbonyl (C=O) groups excluding carboxylic acids is 1. The van der Waals surface area contributed by atoms with Gasteiger partial charge in [0.1, 0.15) is 5.75 Å². The number of hydrogen-bond donors (Lipinski definition) is 2. The minimum absolute atomic E-state index is 0.0429. The number of alkyl halides is 1. The number of carbonyl (C=O) groups is 1. The summed E-state index contributed by atoms with van der Waals surface area (Å²) in [5.74, 6) is -0.192. The minimum atomic E-state index is -0.283. The van der Waals surface area contributed by atoms with Crippen LogP contribution in [-0.4, -0.2) is 21.9 Å². The second-order valence-corrected chi connectivity index (χ2v) is 5.82. The maximum Gasteiger partial charge on any atom is 0.255 e. The van der Waals surface area contributed by atoms with Gasteiger partial charge in [-0.25, -0.2) is 0 Å². The molecular formula is C17H20BrNO2. The van der Waals surface area contributed by atoms with Crippen LogP contribution in [0.5, 0.6) is 5.75 Å². The average molecular weight is 350 g/mol. The molecule has 2 rings (SSSR count). The zero-order valence-corrected chi connectivity index (χ0v) is 13.9. The number of phenolic OH excluding ortho intramolecular Hbond substituents is 1. The SMILES string of the molecule is CCC(CC)(CBr)NC(=O)c1ccc2ccccc2c1O. The van der Waals surface area contributed by atoms with E-state index in [9.17, 15) is 9.90 Å². The minimum Gasteiger partial charge on any atom is -0.506 e. The molecule has 0 aliphatic heterocycles. The van der Waals surface area contributed by atoms with Crippen LogP contribution in [0.2, 0.25) is 0 Å². The first-order valence-electron chi connectivity index (χ1n) is 7.16. The van der Waals surface area contributed by atoms with Crippen molar-refractivity contribution >= 4 is 32.6 Å². The van der Waals surface area contributed by atoms with Gasteiger partial charge in [-0.3, -0.25) is 4.79 Å². The summed E-state index contributed by atoms with van der Waals surface area (Å²) in [5, 5.41) is 15.7. The Morgan fingerprint density at radius 1 is 1.19 bits per heavy atom. The summed E-state index contributed by atoms with van der Waals surface area (Å²) in [6, 6.07) is 11.0. The van der Waals surface area contributed by atoms with Crippen LogP contribution in [0.15, 0.2) is 36.4 Å². The van der Waals surface area contributed by atoms with Crippen LogP contribution >= 0.6 is 15.9 Å². The lowest BCUT2D eigenvalue weighted by Crippen LogP contribution is -2.49. The predicted octanol–water partition coefficient (Wildman–Crippen LogP) is 4.23. The second kappa shape index (κ2) is 6.48. The van der Waals surface area contributed by atoms with E-state index in [2.05, 4.69) is 21.2 Å². The molecule has 112 valence electrons. The highest BCUT2D eigenvalue weighted by Crippen LogP contribution is 2.29. The molecule has 0 aromatic heterocycles. The third-order valence-corrected chi connectivity index (χ3v) is 5.21. The number of phenols is 1. The Balaban J connectivity index is 2.38. The van der Waals surface area contributed by atoms with E-state index in [0.29, 0.717) is 16.3 Å². The molecule has 0 saturated carbocycles. The van der Waals surface area contributed by atoms with Crippen molar-refractivity contribution in [2.45, 2.75) is 32.2 Å². The Labute approximate surface area is 133 Å². The van der Waals surface area contributed by atoms with Gasteiger partial charge in [-0.1, -0.05) is 60.1 Å². The van der Waals surface area contributed by atoms with Crippen LogP contribution in [0.3, 0.4) is 0 Å². The molecule has 2 aromatic rings. The predicted molar refractivity (Wildman–Crippen MR) is 90.2 cm³/mol. The quantitative estimate of drug-likeness (QED) is 0.793. The summed E-state index contributed by atoms with van der Waals surface area (Å²) in [7, 11) is 0. The highest BCUT2D eigenvalue weighted by molar-refractivity contribution is 9.09. The molecule has 4 heteroatoms. The van der Waals surface area contributed by atoms with E-state index in [1.807, 2.05) is 44.2 Å². The molecule has 1 amide bonds. The Morgan fingerprint density at radius 3 is 2.48 bits per heavy atom. The van der Waals surface area contributed by atoms with Gasteiger partial charge in [-0.05, 0) is 24.3 Å². The summed E-state index contributed by atoms with van der Waals surface area (Å²) >= 11 is 3.48. The molecule has 0 aliphatic rings. The smallest absolute Gasteiger partial charge is 0.255 e. The highest BCUT2D eigenvalue weighted by atomic mass is 79.9. The van der Waals surface area contributed by atoms with Gasteiger partial charge in [0.2, 0.25) is 0 Å². The van der Waals surface area contributed by atoms with Gasteiger partial charge < -0.3 is 10.4 Å². The van der Waals surface area contributed by atoms with E-state index in [1.54, 1.807) is 6.07 Å². The average Bonchev–Trinajstić information content (AvgIpc) is 2.53. The van der Waals surface area contributed by atoms with Crippen molar-refractivity contribution in [2.24, 2.45) is 0 Å². The third kappa shape index (κ3) is 3.05. The third-order valence-electron chi connectivity index (χ3n) is 4.13. The Hall–Kier alpha value is -1.55. The summed E-state index contributed by atoms with van der Waals surface area (Å²) in [4.78, 5) is 12.5. The standard InChI is InChI=1S/C17H20BrNO2/c1-3-17(4-2,11-18)19-16(21)14-10-9-12-7-5-6-8-13(12)15(14)20/h5-10,20H,3-4,11H2,1-2H3,(H,19,21). The number of hydrogen-bond acceptors (Lipinski definition) is 2. The fourth-order valence-electron chi connectivity index (χ4n) is 2.40. The molecule has 3 nitrogen and oxygen atoms in total. The van der Waals surface area contributed by atoms with Crippen LogP contribution in [0.1, 0.15) is 37.0 Å². The Morgan fingerprint density at radius 2 is 1.86 bits per heavy atom. The summed E-state index contributed by atoms with van der Waals surface area (Å²) in [5.41, 5.74) is 0.0377. The largest absolute Gasteiger partial charge is 0.506 e. The van der Waals surface area contributed by atoms with Gasteiger partial charge in [0.25, 0.3) is 5.91 Å². The molecule has 0 bridgehead atoms. The van der Waals surface area contributed by atoms with Gasteiger partial charge >= 0.3 is 0 Å². The van der Waals surface area contributed by atoms with Crippen molar-refractivity contribution in [3.8, 4) is 5.75 Å². The number of amides is 1. The van der Waals surface area contributed by atoms with Gasteiger partial charge in [0.05, 0.1) is 5.56 Å². The lowest BCUT2D eigenvalue weighted by Gasteiger charge is -2.31. The number of nitrogens with one attached hydrogen (secondary N) is 1. The number of aromatic hydroxyl groups is 1. The number of fused-ring (bicyclic) bond motifs is 1. The molecule has 0 fully saturated rings. The van der Waals surface area contributed by atoms with Gasteiger partial charge in [0.15, 0.2) is 0 Å². The Kier molecular flexibility index (Phi) is 4.88. The topological polar surface area (TPSA) is 49.3 Å². The molecule has 0 radical (unpaired) electrons. The molecule has 0 atom stereocenters. The maximum absolute atomic E-state index is 12.5. The number of benzene rings is 2. The summed E-state index contributed by atoms with van der Waals surface area (Å²) in [6.45, 7) is 4.09. The molecule has 21 heavy (non-hydrogen) atoms. The van der Waals surface area contributed by atoms with Crippen molar-refractivity contribution in [3.05, 3.63) is 42.0 Å². The van der Waals surface area contributed by atoms with E-state index in [4.69, 9.17) is 0 Å². The van der Waals surface area contributed by atoms with E-state index >= 15 is 0 Å². The summed E-state index contributed by atoms with van der Waals surface area (Å²) < 4.78 is 0. The van der Waals surface area contributed by atoms with Crippen molar-refractivity contribution in [1.29, 1.82) is 0 Å². The first-order valence-corrected chi connectivity index (χ1v) is 8.28. The molecule has 2 N–H and O–H groups in total. The van der Waals surface area contributed by atoms with Crippen LogP contribution in [0.4, 0.5) is 0 Å². The lowest BCUT2D eigenvalue weighted by atomic mass is 9.94. The zero-order valence-electron chi connectivity index (χ0n) is 12.3. The van der Waals surface area contributed by atoms with Crippen molar-refractivity contribution in [1.82, 2.24) is 5.32 Å². The van der Waals surface area contributed by atoms with Crippen LogP contribution in [-0.2, 0) is 0 Å². The monoisotopic (exact) mass is 349 g/mol. The maximum atomic E-state index is 12.5. The van der Waals surface area contributed by atoms with Crippen LogP contribution < -0.4 is 5.32 Å². The second-order valence-electron chi connectivity index (χ2n) is 5.26. The molecule has 0 spiro atoms. The van der Waals surface area contributed by atoms with E-state index in [1.165, 1.54) is 0 Å². The molecule has 2 aromatic carbocycles. The fourth-order valence-corrected chi connectivity index (χ4v) is 3.33. The highest BCUT2D eigenvalue weighted by Gasteiger charge is 2.28. The van der Waals surface area contributed by atoms with Crippen LogP contribution in [0.25, 0.3) is 10.8 Å². The van der Waals surface area contributed by atoms with Gasteiger partial charge in [0, 0.05) is 16.3 Å². The molecule has 0 aliphatic carbocycles. The zero-order chi connectivity index (χ0) is 15.5. The normalized spacial score (nSPS) is 11.6. The summed E-state index contributed by atoms with van der Waals surface area (Å²) in [6.07, 6.45) is 1.66. The molecule has 0 heterocycles. The molecule has 0 unspecified atom stereocenters. The molecule has 0 saturated heterocycles. The van der Waals surface area contributed by atoms with E-state index in [-0.39, 0.29) is 17.2 Å². The van der Waals surface area contributed by atoms with Gasteiger partial charge in [-0.2, -0.15) is 0 Å².